The third kappa shape index (κ3) is 4.43. The number of aromatic carboxylic acids is 1. The summed E-state index contributed by atoms with van der Waals surface area (Å²) in [5.41, 5.74) is 0.363. The highest BCUT2D eigenvalue weighted by atomic mass is 16.4. The highest BCUT2D eigenvalue weighted by molar-refractivity contribution is 6.02. The molecule has 0 saturated carbocycles. The van der Waals surface area contributed by atoms with Crippen molar-refractivity contribution >= 4 is 23.5 Å². The lowest BCUT2D eigenvalue weighted by molar-refractivity contribution is -0.116. The first-order chi connectivity index (χ1) is 11.8. The van der Waals surface area contributed by atoms with E-state index in [1.807, 2.05) is 13.8 Å². The van der Waals surface area contributed by atoms with E-state index in [9.17, 15) is 14.4 Å². The zero-order chi connectivity index (χ0) is 18.6. The van der Waals surface area contributed by atoms with Gasteiger partial charge in [0, 0.05) is 19.8 Å². The molecule has 0 aliphatic heterocycles. The number of carbonyl (C=O) groups excluding carboxylic acids is 2. The molecule has 0 bridgehead atoms. The van der Waals surface area contributed by atoms with Crippen molar-refractivity contribution < 1.29 is 19.5 Å². The van der Waals surface area contributed by atoms with E-state index < -0.39 is 11.9 Å². The average Bonchev–Trinajstić information content (AvgIpc) is 3.12. The predicted molar refractivity (Wildman–Crippen MR) is 88.2 cm³/mol. The quantitative estimate of drug-likeness (QED) is 0.661. The largest absolute Gasteiger partial charge is 0.477 e. The Labute approximate surface area is 143 Å². The van der Waals surface area contributed by atoms with Crippen LogP contribution in [0.15, 0.2) is 18.5 Å². The lowest BCUT2D eigenvalue weighted by atomic mass is 10.2. The van der Waals surface area contributed by atoms with Crippen LogP contribution in [0.4, 0.5) is 5.69 Å². The molecule has 0 aromatic carbocycles. The van der Waals surface area contributed by atoms with Crippen LogP contribution in [-0.2, 0) is 18.4 Å². The van der Waals surface area contributed by atoms with Crippen LogP contribution in [0, 0.1) is 5.92 Å². The van der Waals surface area contributed by atoms with Gasteiger partial charge >= 0.3 is 5.97 Å². The highest BCUT2D eigenvalue weighted by Crippen LogP contribution is 2.14. The normalized spacial score (nSPS) is 10.7. The number of anilines is 1. The predicted octanol–water partition coefficient (Wildman–Crippen LogP) is 0.339. The molecule has 0 aliphatic rings. The number of hydrogen-bond acceptors (Lipinski definition) is 5. The van der Waals surface area contributed by atoms with Gasteiger partial charge in [-0.3, -0.25) is 14.3 Å². The minimum atomic E-state index is -1.18. The van der Waals surface area contributed by atoms with E-state index in [1.165, 1.54) is 23.1 Å². The number of nitrogens with zero attached hydrogens (tertiary/aromatic N) is 4. The maximum absolute atomic E-state index is 12.3. The average molecular weight is 348 g/mol. The smallest absolute Gasteiger partial charge is 0.354 e. The second-order valence-corrected chi connectivity index (χ2v) is 5.86. The molecule has 2 aromatic rings. The van der Waals surface area contributed by atoms with Crippen molar-refractivity contribution in [3.05, 3.63) is 29.8 Å². The van der Waals surface area contributed by atoms with Crippen LogP contribution < -0.4 is 10.6 Å². The van der Waals surface area contributed by atoms with Crippen LogP contribution in [-0.4, -0.2) is 49.0 Å². The van der Waals surface area contributed by atoms with Crippen LogP contribution in [0.25, 0.3) is 0 Å². The Morgan fingerprint density at radius 3 is 2.64 bits per heavy atom. The second kappa shape index (κ2) is 7.60. The number of nitrogens with one attached hydrogen (secondary N) is 2. The minimum Gasteiger partial charge on any atom is -0.477 e. The van der Waals surface area contributed by atoms with E-state index in [-0.39, 0.29) is 35.4 Å². The summed E-state index contributed by atoms with van der Waals surface area (Å²) >= 11 is 0. The highest BCUT2D eigenvalue weighted by Gasteiger charge is 2.20. The summed E-state index contributed by atoms with van der Waals surface area (Å²) in [6.45, 7) is 4.13. The standard InChI is InChI=1S/C15H20N6O4/c1-9(2)6-16-14(23)13-10(7-18-20(13)3)19-12(22)8-21-11(15(24)25)4-5-17-21/h4-5,7,9H,6,8H2,1-3H3,(H,16,23)(H,19,22)(H,24,25). The van der Waals surface area contributed by atoms with Gasteiger partial charge in [-0.05, 0) is 12.0 Å². The number of aryl methyl sites for hydroxylation is 1. The minimum absolute atomic E-state index is 0.101. The summed E-state index contributed by atoms with van der Waals surface area (Å²) in [5.74, 6) is -1.77. The van der Waals surface area contributed by atoms with Gasteiger partial charge in [0.2, 0.25) is 5.91 Å². The molecule has 2 aromatic heterocycles. The Balaban J connectivity index is 2.10. The summed E-state index contributed by atoms with van der Waals surface area (Å²) in [5, 5.41) is 22.1. The molecule has 2 heterocycles. The van der Waals surface area contributed by atoms with Crippen LogP contribution in [0.1, 0.15) is 34.8 Å². The van der Waals surface area contributed by atoms with Crippen molar-refractivity contribution in [2.24, 2.45) is 13.0 Å². The number of carboxylic acid groups (broad SMARTS) is 1. The molecular formula is C15H20N6O4. The van der Waals surface area contributed by atoms with E-state index in [0.717, 1.165) is 4.68 Å². The van der Waals surface area contributed by atoms with Gasteiger partial charge in [0.1, 0.15) is 17.9 Å². The maximum atomic E-state index is 12.3. The van der Waals surface area contributed by atoms with Crippen molar-refractivity contribution in [1.82, 2.24) is 24.9 Å². The zero-order valence-electron chi connectivity index (χ0n) is 14.2. The molecule has 0 radical (unpaired) electrons. The first-order valence-corrected chi connectivity index (χ1v) is 7.64. The van der Waals surface area contributed by atoms with Gasteiger partial charge in [-0.2, -0.15) is 10.2 Å². The topological polar surface area (TPSA) is 131 Å². The van der Waals surface area contributed by atoms with Crippen LogP contribution >= 0.6 is 0 Å². The van der Waals surface area contributed by atoms with E-state index >= 15 is 0 Å². The summed E-state index contributed by atoms with van der Waals surface area (Å²) in [6, 6.07) is 1.30. The lowest BCUT2D eigenvalue weighted by Crippen LogP contribution is -2.30. The summed E-state index contributed by atoms with van der Waals surface area (Å²) in [7, 11) is 1.59. The monoisotopic (exact) mass is 348 g/mol. The molecule has 2 rings (SSSR count). The number of aromatic nitrogens is 4. The second-order valence-electron chi connectivity index (χ2n) is 5.86. The van der Waals surface area contributed by atoms with Crippen molar-refractivity contribution in [1.29, 1.82) is 0 Å². The van der Waals surface area contributed by atoms with Gasteiger partial charge in [0.25, 0.3) is 5.91 Å². The zero-order valence-corrected chi connectivity index (χ0v) is 14.2. The number of carbonyl (C=O) groups is 3. The molecule has 3 N–H and O–H groups in total. The molecule has 134 valence electrons. The molecule has 0 fully saturated rings. The van der Waals surface area contributed by atoms with Gasteiger partial charge < -0.3 is 15.7 Å². The van der Waals surface area contributed by atoms with Crippen molar-refractivity contribution in [2.45, 2.75) is 20.4 Å². The van der Waals surface area contributed by atoms with Gasteiger partial charge in [-0.1, -0.05) is 13.8 Å². The van der Waals surface area contributed by atoms with Gasteiger partial charge in [0.15, 0.2) is 0 Å². The fourth-order valence-electron chi connectivity index (χ4n) is 2.14. The SMILES string of the molecule is CC(C)CNC(=O)c1c(NC(=O)Cn2nccc2C(=O)O)cnn1C. The Morgan fingerprint density at radius 2 is 2.00 bits per heavy atom. The molecular weight excluding hydrogens is 328 g/mol. The van der Waals surface area contributed by atoms with E-state index in [2.05, 4.69) is 20.8 Å². The first-order valence-electron chi connectivity index (χ1n) is 7.64. The van der Waals surface area contributed by atoms with Gasteiger partial charge in [-0.25, -0.2) is 9.48 Å². The summed E-state index contributed by atoms with van der Waals surface area (Å²) in [6.07, 6.45) is 2.66. The molecule has 0 atom stereocenters. The molecule has 0 spiro atoms. The molecule has 10 nitrogen and oxygen atoms in total. The Hall–Kier alpha value is -3.17. The van der Waals surface area contributed by atoms with Crippen molar-refractivity contribution in [3.63, 3.8) is 0 Å². The number of amides is 2. The van der Waals surface area contributed by atoms with E-state index in [1.54, 1.807) is 7.05 Å². The van der Waals surface area contributed by atoms with Gasteiger partial charge in [0.05, 0.1) is 11.9 Å². The Kier molecular flexibility index (Phi) is 5.52. The molecule has 25 heavy (non-hydrogen) atoms. The molecule has 10 heteroatoms. The molecule has 0 aliphatic carbocycles. The maximum Gasteiger partial charge on any atom is 0.354 e. The molecule has 0 unspecified atom stereocenters. The van der Waals surface area contributed by atoms with Crippen LogP contribution in [0.2, 0.25) is 0 Å². The van der Waals surface area contributed by atoms with Crippen LogP contribution in [0.5, 0.6) is 0 Å². The Morgan fingerprint density at radius 1 is 1.28 bits per heavy atom. The van der Waals surface area contributed by atoms with Crippen LogP contribution in [0.3, 0.4) is 0 Å². The number of rotatable bonds is 7. The fourth-order valence-corrected chi connectivity index (χ4v) is 2.14. The number of hydrogen-bond donors (Lipinski definition) is 3. The number of carboxylic acids is 1. The van der Waals surface area contributed by atoms with Crippen molar-refractivity contribution in [3.8, 4) is 0 Å². The molecule has 0 saturated heterocycles. The Bertz CT molecular complexity index is 792. The fraction of sp³-hybridized carbons (Fsp3) is 0.400. The third-order valence-electron chi connectivity index (χ3n) is 3.33. The summed E-state index contributed by atoms with van der Waals surface area (Å²) < 4.78 is 2.43. The summed E-state index contributed by atoms with van der Waals surface area (Å²) in [4.78, 5) is 35.5. The van der Waals surface area contributed by atoms with E-state index in [4.69, 9.17) is 5.11 Å². The third-order valence-corrected chi connectivity index (χ3v) is 3.33. The molecule has 2 amide bonds. The first kappa shape index (κ1) is 18.2. The lowest BCUT2D eigenvalue weighted by Gasteiger charge is -2.10. The van der Waals surface area contributed by atoms with Crippen molar-refractivity contribution in [2.75, 3.05) is 11.9 Å². The van der Waals surface area contributed by atoms with Gasteiger partial charge in [-0.15, -0.1) is 0 Å². The van der Waals surface area contributed by atoms with E-state index in [0.29, 0.717) is 6.54 Å².